The van der Waals surface area contributed by atoms with Crippen LogP contribution in [0.3, 0.4) is 0 Å². The zero-order valence-corrected chi connectivity index (χ0v) is 8.14. The lowest BCUT2D eigenvalue weighted by Gasteiger charge is -2.35. The van der Waals surface area contributed by atoms with Crippen LogP contribution in [0.4, 0.5) is 0 Å². The van der Waals surface area contributed by atoms with Crippen LogP contribution in [0.1, 0.15) is 33.1 Å². The van der Waals surface area contributed by atoms with Crippen molar-refractivity contribution in [3.05, 3.63) is 0 Å². The summed E-state index contributed by atoms with van der Waals surface area (Å²) in [6, 6.07) is 0.770. The Morgan fingerprint density at radius 2 is 2.08 bits per heavy atom. The Kier molecular flexibility index (Phi) is 2.37. The van der Waals surface area contributed by atoms with Gasteiger partial charge in [0.05, 0.1) is 0 Å². The van der Waals surface area contributed by atoms with E-state index in [9.17, 15) is 0 Å². The first-order valence-electron chi connectivity index (χ1n) is 5.27. The molecule has 2 rings (SSSR count). The summed E-state index contributed by atoms with van der Waals surface area (Å²) in [6.45, 7) is 5.92. The van der Waals surface area contributed by atoms with Gasteiger partial charge in [-0.3, -0.25) is 10.9 Å². The van der Waals surface area contributed by atoms with Crippen LogP contribution in [0.25, 0.3) is 0 Å². The molecule has 0 aromatic heterocycles. The normalized spacial score (nSPS) is 41.8. The van der Waals surface area contributed by atoms with Gasteiger partial charge in [-0.15, -0.1) is 0 Å². The Morgan fingerprint density at radius 1 is 1.25 bits per heavy atom. The van der Waals surface area contributed by atoms with E-state index in [1.165, 1.54) is 25.8 Å². The molecule has 12 heavy (non-hydrogen) atoms. The predicted octanol–water partition coefficient (Wildman–Crippen LogP) is 1.54. The van der Waals surface area contributed by atoms with Crippen LogP contribution in [0.5, 0.6) is 0 Å². The summed E-state index contributed by atoms with van der Waals surface area (Å²) in [4.78, 5) is 0. The summed E-state index contributed by atoms with van der Waals surface area (Å²) in [5, 5.41) is 0. The lowest BCUT2D eigenvalue weighted by molar-refractivity contribution is 0.177. The minimum Gasteiger partial charge on any atom is -0.257 e. The molecule has 0 radical (unpaired) electrons. The van der Waals surface area contributed by atoms with Crippen LogP contribution in [0.15, 0.2) is 0 Å². The summed E-state index contributed by atoms with van der Waals surface area (Å²) in [5.74, 6) is 2.71. The third-order valence-corrected chi connectivity index (χ3v) is 3.60. The van der Waals surface area contributed by atoms with Gasteiger partial charge in [0.25, 0.3) is 0 Å². The van der Waals surface area contributed by atoms with E-state index in [4.69, 9.17) is 0 Å². The number of rotatable bonds is 1. The van der Waals surface area contributed by atoms with Crippen molar-refractivity contribution in [1.82, 2.24) is 10.9 Å². The maximum Gasteiger partial charge on any atom is 0.0256 e. The van der Waals surface area contributed by atoms with E-state index in [0.29, 0.717) is 0 Å². The lowest BCUT2D eigenvalue weighted by atomic mass is 9.72. The standard InChI is InChI=1S/C10H20N2/c1-7(2)8-4-3-5-10-9(8)6-11-12-10/h7-12H,3-6H2,1-2H3. The van der Waals surface area contributed by atoms with E-state index >= 15 is 0 Å². The van der Waals surface area contributed by atoms with Crippen molar-refractivity contribution >= 4 is 0 Å². The van der Waals surface area contributed by atoms with Crippen LogP contribution in [-0.2, 0) is 0 Å². The van der Waals surface area contributed by atoms with E-state index in [2.05, 4.69) is 24.7 Å². The summed E-state index contributed by atoms with van der Waals surface area (Å²) in [6.07, 6.45) is 4.24. The van der Waals surface area contributed by atoms with Gasteiger partial charge in [0.15, 0.2) is 0 Å². The second-order valence-corrected chi connectivity index (χ2v) is 4.63. The summed E-state index contributed by atoms with van der Waals surface area (Å²) in [7, 11) is 0. The Balaban J connectivity index is 2.03. The molecule has 0 aromatic carbocycles. The van der Waals surface area contributed by atoms with Crippen molar-refractivity contribution in [3.63, 3.8) is 0 Å². The fourth-order valence-electron chi connectivity index (χ4n) is 2.91. The first kappa shape index (κ1) is 8.52. The largest absolute Gasteiger partial charge is 0.257 e. The molecule has 2 heteroatoms. The SMILES string of the molecule is CC(C)C1CCCC2NNCC21. The van der Waals surface area contributed by atoms with E-state index in [0.717, 1.165) is 23.8 Å². The molecule has 1 saturated heterocycles. The monoisotopic (exact) mass is 168 g/mol. The molecule has 0 amide bonds. The Morgan fingerprint density at radius 3 is 2.83 bits per heavy atom. The highest BCUT2D eigenvalue weighted by Crippen LogP contribution is 2.36. The van der Waals surface area contributed by atoms with E-state index in [1.807, 2.05) is 0 Å². The van der Waals surface area contributed by atoms with Crippen LogP contribution in [-0.4, -0.2) is 12.6 Å². The Bertz CT molecular complexity index is 156. The van der Waals surface area contributed by atoms with Crippen molar-refractivity contribution in [2.75, 3.05) is 6.54 Å². The molecular weight excluding hydrogens is 148 g/mol. The lowest BCUT2D eigenvalue weighted by Crippen LogP contribution is -2.38. The number of nitrogens with one attached hydrogen (secondary N) is 2. The van der Waals surface area contributed by atoms with Crippen molar-refractivity contribution in [3.8, 4) is 0 Å². The van der Waals surface area contributed by atoms with Gasteiger partial charge in [-0.1, -0.05) is 20.3 Å². The molecule has 1 heterocycles. The van der Waals surface area contributed by atoms with Crippen LogP contribution < -0.4 is 10.9 Å². The minimum absolute atomic E-state index is 0.770. The number of hydrogen-bond acceptors (Lipinski definition) is 2. The van der Waals surface area contributed by atoms with Gasteiger partial charge < -0.3 is 0 Å². The van der Waals surface area contributed by atoms with Gasteiger partial charge in [-0.05, 0) is 30.6 Å². The fourth-order valence-corrected chi connectivity index (χ4v) is 2.91. The second kappa shape index (κ2) is 3.35. The van der Waals surface area contributed by atoms with Gasteiger partial charge in [-0.25, -0.2) is 0 Å². The molecule has 0 spiro atoms. The number of fused-ring (bicyclic) bond motifs is 1. The van der Waals surface area contributed by atoms with E-state index in [1.54, 1.807) is 0 Å². The first-order valence-corrected chi connectivity index (χ1v) is 5.27. The third-order valence-electron chi connectivity index (χ3n) is 3.60. The molecule has 1 saturated carbocycles. The van der Waals surface area contributed by atoms with Gasteiger partial charge in [0.2, 0.25) is 0 Å². The van der Waals surface area contributed by atoms with Crippen molar-refractivity contribution in [1.29, 1.82) is 0 Å². The van der Waals surface area contributed by atoms with E-state index < -0.39 is 0 Å². The van der Waals surface area contributed by atoms with Gasteiger partial charge in [-0.2, -0.15) is 0 Å². The van der Waals surface area contributed by atoms with Crippen molar-refractivity contribution in [2.24, 2.45) is 17.8 Å². The summed E-state index contributed by atoms with van der Waals surface area (Å²) >= 11 is 0. The predicted molar refractivity (Wildman–Crippen MR) is 50.6 cm³/mol. The van der Waals surface area contributed by atoms with Crippen LogP contribution in [0.2, 0.25) is 0 Å². The minimum atomic E-state index is 0.770. The van der Waals surface area contributed by atoms with Crippen molar-refractivity contribution in [2.45, 2.75) is 39.2 Å². The van der Waals surface area contributed by atoms with Crippen LogP contribution >= 0.6 is 0 Å². The maximum absolute atomic E-state index is 3.39. The molecule has 1 aliphatic heterocycles. The summed E-state index contributed by atoms with van der Waals surface area (Å²) < 4.78 is 0. The number of hydrogen-bond donors (Lipinski definition) is 2. The van der Waals surface area contributed by atoms with Gasteiger partial charge >= 0.3 is 0 Å². The van der Waals surface area contributed by atoms with Gasteiger partial charge in [0, 0.05) is 12.6 Å². The Hall–Kier alpha value is -0.0800. The topological polar surface area (TPSA) is 24.1 Å². The summed E-state index contributed by atoms with van der Waals surface area (Å²) in [5.41, 5.74) is 6.69. The highest BCUT2D eigenvalue weighted by molar-refractivity contribution is 4.91. The molecule has 1 aliphatic carbocycles. The highest BCUT2D eigenvalue weighted by atomic mass is 15.4. The number of hydrazine groups is 1. The average molecular weight is 168 g/mol. The molecule has 3 unspecified atom stereocenters. The first-order chi connectivity index (χ1) is 5.79. The third kappa shape index (κ3) is 1.38. The average Bonchev–Trinajstić information content (AvgIpc) is 2.49. The molecule has 2 fully saturated rings. The molecular formula is C10H20N2. The maximum atomic E-state index is 3.39. The molecule has 70 valence electrons. The van der Waals surface area contributed by atoms with Crippen molar-refractivity contribution < 1.29 is 0 Å². The molecule has 3 atom stereocenters. The molecule has 2 aliphatic rings. The zero-order chi connectivity index (χ0) is 8.55. The smallest absolute Gasteiger partial charge is 0.0256 e. The zero-order valence-electron chi connectivity index (χ0n) is 8.14. The molecule has 0 bridgehead atoms. The molecule has 0 aromatic rings. The van der Waals surface area contributed by atoms with Gasteiger partial charge in [0.1, 0.15) is 0 Å². The highest BCUT2D eigenvalue weighted by Gasteiger charge is 2.37. The fraction of sp³-hybridized carbons (Fsp3) is 1.00. The van der Waals surface area contributed by atoms with E-state index in [-0.39, 0.29) is 0 Å². The van der Waals surface area contributed by atoms with Crippen LogP contribution in [0, 0.1) is 17.8 Å². The molecule has 2 N–H and O–H groups in total. The quantitative estimate of drug-likeness (QED) is 0.620. The molecule has 2 nitrogen and oxygen atoms in total. The second-order valence-electron chi connectivity index (χ2n) is 4.63. The Labute approximate surface area is 75.1 Å².